The lowest BCUT2D eigenvalue weighted by Gasteiger charge is -1.75. The maximum Gasteiger partial charge on any atom is 0.195 e. The van der Waals surface area contributed by atoms with Crippen molar-refractivity contribution in [2.75, 3.05) is 7.05 Å². The van der Waals surface area contributed by atoms with Crippen LogP contribution in [0.3, 0.4) is 0 Å². The second-order valence-electron chi connectivity index (χ2n) is 0.500. The van der Waals surface area contributed by atoms with Crippen molar-refractivity contribution in [2.45, 2.75) is 0 Å². The van der Waals surface area contributed by atoms with Crippen LogP contribution in [0.15, 0.2) is 4.99 Å². The first-order valence-electron chi connectivity index (χ1n) is 1.18. The highest BCUT2D eigenvalue weighted by Gasteiger charge is 1.47. The van der Waals surface area contributed by atoms with Gasteiger partial charge in [-0.25, -0.2) is 0 Å². The third kappa shape index (κ3) is 3.43. The van der Waals surface area contributed by atoms with Crippen molar-refractivity contribution >= 4 is 6.40 Å². The Kier molecular flexibility index (Phi) is 3.04. The van der Waals surface area contributed by atoms with Gasteiger partial charge in [-0.2, -0.15) is 5.90 Å². The van der Waals surface area contributed by atoms with Gasteiger partial charge >= 0.3 is 0 Å². The first kappa shape index (κ1) is 4.43. The van der Waals surface area contributed by atoms with Crippen molar-refractivity contribution in [3.8, 4) is 0 Å². The Morgan fingerprint density at radius 2 is 2.60 bits per heavy atom. The highest BCUT2D eigenvalue weighted by atomic mass is 16.6. The quantitative estimate of drug-likeness (QED) is 0.260. The molecule has 0 aromatic carbocycles. The molecule has 0 aromatic heterocycles. The zero-order valence-electron chi connectivity index (χ0n) is 3.01. The minimum Gasteiger partial charge on any atom is -0.400 e. The molecule has 0 amide bonds. The number of nitrogens with zero attached hydrogens (tertiary/aromatic N) is 1. The summed E-state index contributed by atoms with van der Waals surface area (Å²) in [6, 6.07) is 0. The van der Waals surface area contributed by atoms with Gasteiger partial charge in [0.1, 0.15) is 0 Å². The van der Waals surface area contributed by atoms with Crippen molar-refractivity contribution in [1.29, 1.82) is 0 Å². The highest BCUT2D eigenvalue weighted by Crippen LogP contribution is 1.43. The number of aliphatic imine (C=N–C) groups is 1. The Hall–Kier alpha value is -0.570. The van der Waals surface area contributed by atoms with Crippen molar-refractivity contribution in [3.63, 3.8) is 0 Å². The predicted octanol–water partition coefficient (Wildman–Crippen LogP) is -0.465. The molecule has 0 radical (unpaired) electrons. The van der Waals surface area contributed by atoms with E-state index < -0.39 is 0 Å². The topological polar surface area (TPSA) is 47.6 Å². The molecule has 0 atom stereocenters. The minimum absolute atomic E-state index is 1.15. The second kappa shape index (κ2) is 3.43. The lowest BCUT2D eigenvalue weighted by Crippen LogP contribution is -1.93. The van der Waals surface area contributed by atoms with Gasteiger partial charge in [-0.05, 0) is 0 Å². The SMILES string of the molecule is C/N=C\ON. The van der Waals surface area contributed by atoms with Gasteiger partial charge in [0, 0.05) is 7.05 Å². The van der Waals surface area contributed by atoms with Gasteiger partial charge in [0.05, 0.1) is 0 Å². The van der Waals surface area contributed by atoms with E-state index in [1.54, 1.807) is 7.05 Å². The summed E-state index contributed by atoms with van der Waals surface area (Å²) >= 11 is 0. The molecule has 0 aliphatic rings. The van der Waals surface area contributed by atoms with Gasteiger partial charge in [0.15, 0.2) is 6.40 Å². The third-order valence-corrected chi connectivity index (χ3v) is 0.166. The molecule has 0 bridgehead atoms. The fourth-order valence-corrected chi connectivity index (χ4v) is 0.0609. The van der Waals surface area contributed by atoms with Crippen LogP contribution in [0.4, 0.5) is 0 Å². The van der Waals surface area contributed by atoms with Gasteiger partial charge in [-0.1, -0.05) is 0 Å². The summed E-state index contributed by atoms with van der Waals surface area (Å²) < 4.78 is 0. The fraction of sp³-hybridized carbons (Fsp3) is 0.500. The van der Waals surface area contributed by atoms with E-state index >= 15 is 0 Å². The summed E-state index contributed by atoms with van der Waals surface area (Å²) in [4.78, 5) is 7.28. The molecule has 0 heterocycles. The molecule has 0 unspecified atom stereocenters. The smallest absolute Gasteiger partial charge is 0.195 e. The van der Waals surface area contributed by atoms with Crippen molar-refractivity contribution in [1.82, 2.24) is 0 Å². The molecule has 3 nitrogen and oxygen atoms in total. The molecule has 0 spiro atoms. The van der Waals surface area contributed by atoms with Crippen LogP contribution in [0.1, 0.15) is 0 Å². The van der Waals surface area contributed by atoms with Gasteiger partial charge in [-0.3, -0.25) is 4.99 Å². The fourth-order valence-electron chi connectivity index (χ4n) is 0.0609. The van der Waals surface area contributed by atoms with Gasteiger partial charge in [0.2, 0.25) is 0 Å². The van der Waals surface area contributed by atoms with Crippen molar-refractivity contribution in [2.24, 2.45) is 10.9 Å². The van der Waals surface area contributed by atoms with Crippen LogP contribution in [0.25, 0.3) is 0 Å². The van der Waals surface area contributed by atoms with Crippen LogP contribution < -0.4 is 5.90 Å². The van der Waals surface area contributed by atoms with Crippen molar-refractivity contribution in [3.05, 3.63) is 0 Å². The maximum atomic E-state index is 4.49. The van der Waals surface area contributed by atoms with Crippen LogP contribution in [0.2, 0.25) is 0 Å². The number of hydrogen-bond acceptors (Lipinski definition) is 3. The Bertz CT molecular complexity index is 34.6. The van der Waals surface area contributed by atoms with E-state index in [0.29, 0.717) is 0 Å². The molecule has 5 heavy (non-hydrogen) atoms. The van der Waals surface area contributed by atoms with Crippen LogP contribution in [0, 0.1) is 0 Å². The van der Waals surface area contributed by atoms with E-state index in [1.165, 1.54) is 0 Å². The molecule has 0 aliphatic carbocycles. The Labute approximate surface area is 30.4 Å². The van der Waals surface area contributed by atoms with Crippen LogP contribution >= 0.6 is 0 Å². The molecule has 0 fully saturated rings. The maximum absolute atomic E-state index is 4.49. The Balaban J connectivity index is 2.62. The van der Waals surface area contributed by atoms with Crippen molar-refractivity contribution < 1.29 is 4.84 Å². The largest absolute Gasteiger partial charge is 0.400 e. The zero-order chi connectivity index (χ0) is 4.12. The predicted molar refractivity (Wildman–Crippen MR) is 19.7 cm³/mol. The summed E-state index contributed by atoms with van der Waals surface area (Å²) in [6.07, 6.45) is 1.15. The molecule has 2 N–H and O–H groups in total. The molecule has 0 aromatic rings. The monoisotopic (exact) mass is 74.0 g/mol. The third-order valence-electron chi connectivity index (χ3n) is 0.166. The van der Waals surface area contributed by atoms with E-state index in [0.717, 1.165) is 6.40 Å². The van der Waals surface area contributed by atoms with Crippen LogP contribution in [-0.2, 0) is 4.84 Å². The molecular weight excluding hydrogens is 68.0 g/mol. The molecule has 0 rings (SSSR count). The number of hydrogen-bond donors (Lipinski definition) is 1. The first-order chi connectivity index (χ1) is 2.41. The second-order valence-corrected chi connectivity index (χ2v) is 0.500. The summed E-state index contributed by atoms with van der Waals surface area (Å²) in [5, 5.41) is 0. The summed E-state index contributed by atoms with van der Waals surface area (Å²) in [5.41, 5.74) is 0. The Morgan fingerprint density at radius 1 is 2.00 bits per heavy atom. The Morgan fingerprint density at radius 3 is 2.60 bits per heavy atom. The van der Waals surface area contributed by atoms with Crippen LogP contribution in [0.5, 0.6) is 0 Å². The zero-order valence-corrected chi connectivity index (χ0v) is 3.01. The summed E-state index contributed by atoms with van der Waals surface area (Å²) in [6.45, 7) is 0. The lowest BCUT2D eigenvalue weighted by atomic mass is 11.3. The highest BCUT2D eigenvalue weighted by molar-refractivity contribution is 5.44. The van der Waals surface area contributed by atoms with E-state index in [2.05, 4.69) is 15.7 Å². The average molecular weight is 74.1 g/mol. The average Bonchev–Trinajstić information content (AvgIpc) is 1.41. The first-order valence-corrected chi connectivity index (χ1v) is 1.18. The molecular formula is C2H6N2O. The molecule has 3 heteroatoms. The van der Waals surface area contributed by atoms with Gasteiger partial charge < -0.3 is 4.84 Å². The minimum atomic E-state index is 1.15. The molecule has 0 saturated carbocycles. The van der Waals surface area contributed by atoms with Gasteiger partial charge in [-0.15, -0.1) is 0 Å². The van der Waals surface area contributed by atoms with E-state index in [4.69, 9.17) is 0 Å². The normalized spacial score (nSPS) is 9.20. The summed E-state index contributed by atoms with van der Waals surface area (Å²) in [5.74, 6) is 4.49. The van der Waals surface area contributed by atoms with Crippen LogP contribution in [-0.4, -0.2) is 13.4 Å². The van der Waals surface area contributed by atoms with Gasteiger partial charge in [0.25, 0.3) is 0 Å². The van der Waals surface area contributed by atoms with E-state index in [9.17, 15) is 0 Å². The molecule has 0 saturated heterocycles. The number of rotatable bonds is 1. The van der Waals surface area contributed by atoms with E-state index in [1.807, 2.05) is 0 Å². The summed E-state index contributed by atoms with van der Waals surface area (Å²) in [7, 11) is 1.58. The number of nitrogens with two attached hydrogens (primary N) is 1. The molecule has 0 aliphatic heterocycles. The lowest BCUT2D eigenvalue weighted by molar-refractivity contribution is 0.337. The molecule has 30 valence electrons. The standard InChI is InChI=1S/C2H6N2O/c1-4-2-5-3/h2H,3H2,1H3/b4-2-. The van der Waals surface area contributed by atoms with E-state index in [-0.39, 0.29) is 0 Å².